The number of nitrogen functional groups attached to an aromatic ring is 1. The van der Waals surface area contributed by atoms with Gasteiger partial charge in [-0.2, -0.15) is 11.8 Å². The van der Waals surface area contributed by atoms with E-state index >= 15 is 0 Å². The fourth-order valence-corrected chi connectivity index (χ4v) is 2.67. The molecule has 1 fully saturated rings. The summed E-state index contributed by atoms with van der Waals surface area (Å²) >= 11 is 1.86. The number of aromatic carboxylic acids is 1. The summed E-state index contributed by atoms with van der Waals surface area (Å²) in [7, 11) is 0. The van der Waals surface area contributed by atoms with E-state index in [9.17, 15) is 4.79 Å². The molecule has 1 aliphatic heterocycles. The van der Waals surface area contributed by atoms with E-state index in [2.05, 4.69) is 0 Å². The summed E-state index contributed by atoms with van der Waals surface area (Å²) in [6, 6.07) is 4.57. The van der Waals surface area contributed by atoms with Gasteiger partial charge in [-0.05, 0) is 30.4 Å². The molecule has 0 saturated carbocycles. The van der Waals surface area contributed by atoms with E-state index in [1.54, 1.807) is 6.07 Å². The molecule has 1 aromatic rings. The van der Waals surface area contributed by atoms with Crippen LogP contribution in [0.15, 0.2) is 18.2 Å². The van der Waals surface area contributed by atoms with Crippen molar-refractivity contribution in [3.05, 3.63) is 23.8 Å². The molecule has 86 valence electrons. The van der Waals surface area contributed by atoms with Gasteiger partial charge in [0.2, 0.25) is 0 Å². The number of ether oxygens (including phenoxy) is 1. The van der Waals surface area contributed by atoms with Crippen LogP contribution in [0.3, 0.4) is 0 Å². The van der Waals surface area contributed by atoms with Gasteiger partial charge in [0, 0.05) is 5.75 Å². The average molecular weight is 239 g/mol. The van der Waals surface area contributed by atoms with Gasteiger partial charge in [-0.15, -0.1) is 0 Å². The molecule has 1 atom stereocenters. The van der Waals surface area contributed by atoms with Crippen molar-refractivity contribution < 1.29 is 14.6 Å². The number of carboxylic acids is 1. The van der Waals surface area contributed by atoms with E-state index in [1.165, 1.54) is 12.1 Å². The van der Waals surface area contributed by atoms with E-state index in [0.29, 0.717) is 11.4 Å². The summed E-state index contributed by atoms with van der Waals surface area (Å²) in [4.78, 5) is 10.7. The van der Waals surface area contributed by atoms with Gasteiger partial charge in [0.25, 0.3) is 0 Å². The molecule has 0 amide bonds. The molecule has 1 aliphatic rings. The van der Waals surface area contributed by atoms with E-state index in [0.717, 1.165) is 17.9 Å². The topological polar surface area (TPSA) is 72.6 Å². The van der Waals surface area contributed by atoms with Crippen LogP contribution in [0, 0.1) is 0 Å². The molecule has 16 heavy (non-hydrogen) atoms. The first kappa shape index (κ1) is 11.1. The van der Waals surface area contributed by atoms with Crippen molar-refractivity contribution in [1.29, 1.82) is 0 Å². The van der Waals surface area contributed by atoms with Crippen molar-refractivity contribution in [3.8, 4) is 5.75 Å². The number of carbonyl (C=O) groups is 1. The Hall–Kier alpha value is -1.36. The van der Waals surface area contributed by atoms with Crippen LogP contribution in [0.2, 0.25) is 0 Å². The van der Waals surface area contributed by atoms with Gasteiger partial charge in [0.05, 0.1) is 11.3 Å². The smallest absolute Gasteiger partial charge is 0.335 e. The number of benzene rings is 1. The molecule has 2 rings (SSSR count). The van der Waals surface area contributed by atoms with Crippen LogP contribution < -0.4 is 10.5 Å². The van der Waals surface area contributed by atoms with Crippen molar-refractivity contribution in [2.75, 3.05) is 17.2 Å². The predicted molar refractivity (Wildman–Crippen MR) is 64.2 cm³/mol. The molecule has 3 N–H and O–H groups in total. The predicted octanol–water partition coefficient (Wildman–Crippen LogP) is 1.85. The lowest BCUT2D eigenvalue weighted by Gasteiger charge is -2.14. The third kappa shape index (κ3) is 2.41. The van der Waals surface area contributed by atoms with Crippen LogP contribution in [0.4, 0.5) is 5.69 Å². The molecular formula is C11H13NO3S. The number of anilines is 1. The lowest BCUT2D eigenvalue weighted by Crippen LogP contribution is -2.15. The minimum atomic E-state index is -0.977. The first-order valence-electron chi connectivity index (χ1n) is 5.04. The van der Waals surface area contributed by atoms with Gasteiger partial charge in [-0.1, -0.05) is 0 Å². The SMILES string of the molecule is Nc1cc(C(=O)O)ccc1OC1CCSC1. The first-order valence-corrected chi connectivity index (χ1v) is 6.19. The van der Waals surface area contributed by atoms with Crippen molar-refractivity contribution >= 4 is 23.4 Å². The largest absolute Gasteiger partial charge is 0.487 e. The second-order valence-corrected chi connectivity index (χ2v) is 4.81. The van der Waals surface area contributed by atoms with Gasteiger partial charge in [-0.25, -0.2) is 4.79 Å². The Balaban J connectivity index is 2.12. The van der Waals surface area contributed by atoms with Crippen molar-refractivity contribution in [2.24, 2.45) is 0 Å². The number of hydrogen-bond donors (Lipinski definition) is 2. The second-order valence-electron chi connectivity index (χ2n) is 3.66. The molecule has 1 aromatic carbocycles. The van der Waals surface area contributed by atoms with E-state index in [4.69, 9.17) is 15.6 Å². The fraction of sp³-hybridized carbons (Fsp3) is 0.364. The summed E-state index contributed by atoms with van der Waals surface area (Å²) in [5, 5.41) is 8.78. The maximum atomic E-state index is 10.7. The summed E-state index contributed by atoms with van der Waals surface area (Å²) in [5.74, 6) is 1.69. The highest BCUT2D eigenvalue weighted by molar-refractivity contribution is 7.99. The molecule has 1 saturated heterocycles. The third-order valence-electron chi connectivity index (χ3n) is 2.44. The molecule has 5 heteroatoms. The van der Waals surface area contributed by atoms with Crippen molar-refractivity contribution in [2.45, 2.75) is 12.5 Å². The highest BCUT2D eigenvalue weighted by atomic mass is 32.2. The summed E-state index contributed by atoms with van der Waals surface area (Å²) in [6.45, 7) is 0. The average Bonchev–Trinajstić information content (AvgIpc) is 2.73. The molecule has 0 bridgehead atoms. The van der Waals surface area contributed by atoms with E-state index in [-0.39, 0.29) is 11.7 Å². The molecule has 0 aliphatic carbocycles. The molecular weight excluding hydrogens is 226 g/mol. The number of hydrogen-bond acceptors (Lipinski definition) is 4. The molecule has 1 unspecified atom stereocenters. The van der Waals surface area contributed by atoms with E-state index < -0.39 is 5.97 Å². The standard InChI is InChI=1S/C11H13NO3S/c12-9-5-7(11(13)14)1-2-10(9)15-8-3-4-16-6-8/h1-2,5,8H,3-4,6,12H2,(H,13,14). The summed E-state index contributed by atoms with van der Waals surface area (Å²) in [5.41, 5.74) is 6.31. The number of nitrogens with two attached hydrogens (primary N) is 1. The minimum absolute atomic E-state index is 0.186. The van der Waals surface area contributed by atoms with Crippen LogP contribution in [-0.2, 0) is 0 Å². The first-order chi connectivity index (χ1) is 7.66. The summed E-state index contributed by atoms with van der Waals surface area (Å²) < 4.78 is 5.70. The Bertz CT molecular complexity index is 402. The normalized spacial score (nSPS) is 19.6. The van der Waals surface area contributed by atoms with Gasteiger partial charge >= 0.3 is 5.97 Å². The Kier molecular flexibility index (Phi) is 3.24. The molecule has 0 radical (unpaired) electrons. The van der Waals surface area contributed by atoms with Crippen LogP contribution in [-0.4, -0.2) is 28.7 Å². The lowest BCUT2D eigenvalue weighted by molar-refractivity contribution is 0.0697. The highest BCUT2D eigenvalue weighted by Crippen LogP contribution is 2.28. The summed E-state index contributed by atoms with van der Waals surface area (Å²) in [6.07, 6.45) is 1.22. The maximum absolute atomic E-state index is 10.7. The van der Waals surface area contributed by atoms with Gasteiger partial charge in [0.15, 0.2) is 0 Å². The molecule has 0 aromatic heterocycles. The lowest BCUT2D eigenvalue weighted by atomic mass is 10.2. The molecule has 4 nitrogen and oxygen atoms in total. The van der Waals surface area contributed by atoms with Crippen LogP contribution in [0.1, 0.15) is 16.8 Å². The van der Waals surface area contributed by atoms with Crippen LogP contribution in [0.5, 0.6) is 5.75 Å². The highest BCUT2D eigenvalue weighted by Gasteiger charge is 2.18. The fourth-order valence-electron chi connectivity index (χ4n) is 1.57. The Morgan fingerprint density at radius 2 is 2.38 bits per heavy atom. The van der Waals surface area contributed by atoms with Gasteiger partial charge in [-0.3, -0.25) is 0 Å². The number of thioether (sulfide) groups is 1. The van der Waals surface area contributed by atoms with Gasteiger partial charge < -0.3 is 15.6 Å². The monoisotopic (exact) mass is 239 g/mol. The van der Waals surface area contributed by atoms with Gasteiger partial charge in [0.1, 0.15) is 11.9 Å². The zero-order valence-electron chi connectivity index (χ0n) is 8.68. The quantitative estimate of drug-likeness (QED) is 0.787. The maximum Gasteiger partial charge on any atom is 0.335 e. The Morgan fingerprint density at radius 3 is 2.94 bits per heavy atom. The molecule has 1 heterocycles. The van der Waals surface area contributed by atoms with Crippen LogP contribution >= 0.6 is 11.8 Å². The van der Waals surface area contributed by atoms with Crippen molar-refractivity contribution in [1.82, 2.24) is 0 Å². The number of carboxylic acid groups (broad SMARTS) is 1. The van der Waals surface area contributed by atoms with E-state index in [1.807, 2.05) is 11.8 Å². The minimum Gasteiger partial charge on any atom is -0.487 e. The van der Waals surface area contributed by atoms with Crippen molar-refractivity contribution in [3.63, 3.8) is 0 Å². The molecule has 0 spiro atoms. The van der Waals surface area contributed by atoms with Crippen LogP contribution in [0.25, 0.3) is 0 Å². The zero-order chi connectivity index (χ0) is 11.5. The second kappa shape index (κ2) is 4.65. The number of rotatable bonds is 3. The Morgan fingerprint density at radius 1 is 1.56 bits per heavy atom. The zero-order valence-corrected chi connectivity index (χ0v) is 9.50. The third-order valence-corrected chi connectivity index (χ3v) is 3.57. The Labute approximate surface area is 97.8 Å².